The molecule has 0 amide bonds. The van der Waals surface area contributed by atoms with Gasteiger partial charge in [-0.3, -0.25) is 4.40 Å². The number of imidazole rings is 1. The van der Waals surface area contributed by atoms with E-state index in [4.69, 9.17) is 11.6 Å². The third kappa shape index (κ3) is 1.77. The Morgan fingerprint density at radius 1 is 1.39 bits per heavy atom. The maximum absolute atomic E-state index is 13.0. The van der Waals surface area contributed by atoms with Gasteiger partial charge in [0.25, 0.3) is 0 Å². The van der Waals surface area contributed by atoms with Crippen molar-refractivity contribution >= 4 is 17.2 Å². The van der Waals surface area contributed by atoms with Crippen molar-refractivity contribution in [3.8, 4) is 0 Å². The Balaban J connectivity index is 2.34. The van der Waals surface area contributed by atoms with E-state index in [1.807, 2.05) is 0 Å². The monoisotopic (exact) mass is 274 g/mol. The number of alkyl halides is 3. The first kappa shape index (κ1) is 11.8. The molecule has 0 aromatic carbocycles. The van der Waals surface area contributed by atoms with Gasteiger partial charge in [0.15, 0.2) is 5.65 Å². The Bertz CT molecular complexity index is 626. The molecule has 1 saturated carbocycles. The van der Waals surface area contributed by atoms with Crippen molar-refractivity contribution in [3.05, 3.63) is 34.2 Å². The molecule has 1 aliphatic rings. The lowest BCUT2D eigenvalue weighted by molar-refractivity contribution is -0.136. The molecule has 0 unspecified atom stereocenters. The third-order valence-corrected chi connectivity index (χ3v) is 3.65. The molecule has 0 spiro atoms. The van der Waals surface area contributed by atoms with Crippen LogP contribution in [-0.4, -0.2) is 9.38 Å². The van der Waals surface area contributed by atoms with Gasteiger partial charge in [-0.25, -0.2) is 4.98 Å². The van der Waals surface area contributed by atoms with Crippen molar-refractivity contribution in [3.63, 3.8) is 0 Å². The van der Waals surface area contributed by atoms with E-state index in [0.29, 0.717) is 11.3 Å². The van der Waals surface area contributed by atoms with Crippen molar-refractivity contribution in [2.75, 3.05) is 0 Å². The van der Waals surface area contributed by atoms with E-state index < -0.39 is 11.7 Å². The molecule has 2 aromatic rings. The lowest BCUT2D eigenvalue weighted by atomic mass is 10.1. The second-order valence-electron chi connectivity index (χ2n) is 4.64. The second-order valence-corrected chi connectivity index (χ2v) is 5.00. The molecule has 0 radical (unpaired) electrons. The zero-order valence-electron chi connectivity index (χ0n) is 9.55. The number of aryl methyl sites for hydroxylation is 1. The summed E-state index contributed by atoms with van der Waals surface area (Å²) in [7, 11) is 0. The van der Waals surface area contributed by atoms with E-state index in [1.54, 1.807) is 13.1 Å². The SMILES string of the molecule is Cc1nc2c(C(F)(F)F)cc(C3CC3)cn2c1Cl. The Morgan fingerprint density at radius 3 is 2.61 bits per heavy atom. The van der Waals surface area contributed by atoms with Crippen LogP contribution in [0, 0.1) is 6.92 Å². The average molecular weight is 275 g/mol. The van der Waals surface area contributed by atoms with Gasteiger partial charge in [0, 0.05) is 6.20 Å². The number of hydrogen-bond acceptors (Lipinski definition) is 1. The molecular formula is C12H10ClF3N2. The normalized spacial score (nSPS) is 16.5. The summed E-state index contributed by atoms with van der Waals surface area (Å²) in [5.74, 6) is 0.231. The molecule has 0 N–H and O–H groups in total. The van der Waals surface area contributed by atoms with Crippen molar-refractivity contribution in [1.82, 2.24) is 9.38 Å². The number of pyridine rings is 1. The van der Waals surface area contributed by atoms with Crippen molar-refractivity contribution in [2.24, 2.45) is 0 Å². The van der Waals surface area contributed by atoms with Gasteiger partial charge in [0.1, 0.15) is 5.15 Å². The highest BCUT2D eigenvalue weighted by molar-refractivity contribution is 6.30. The molecule has 6 heteroatoms. The van der Waals surface area contributed by atoms with E-state index in [9.17, 15) is 13.2 Å². The highest BCUT2D eigenvalue weighted by atomic mass is 35.5. The number of hydrogen-bond donors (Lipinski definition) is 0. The molecule has 0 bridgehead atoms. The Morgan fingerprint density at radius 2 is 2.06 bits per heavy atom. The quantitative estimate of drug-likeness (QED) is 0.762. The Labute approximate surface area is 106 Å². The van der Waals surface area contributed by atoms with Crippen molar-refractivity contribution in [1.29, 1.82) is 0 Å². The molecule has 96 valence electrons. The van der Waals surface area contributed by atoms with Gasteiger partial charge in [-0.15, -0.1) is 0 Å². The molecule has 3 rings (SSSR count). The summed E-state index contributed by atoms with van der Waals surface area (Å²) in [6.45, 7) is 1.60. The number of fused-ring (bicyclic) bond motifs is 1. The van der Waals surface area contributed by atoms with E-state index >= 15 is 0 Å². The fourth-order valence-corrected chi connectivity index (χ4v) is 2.27. The lowest BCUT2D eigenvalue weighted by Crippen LogP contribution is -2.09. The molecule has 0 aliphatic heterocycles. The summed E-state index contributed by atoms with van der Waals surface area (Å²) >= 11 is 5.99. The molecule has 1 aliphatic carbocycles. The highest BCUT2D eigenvalue weighted by Gasteiger charge is 2.36. The van der Waals surface area contributed by atoms with Crippen LogP contribution in [0.1, 0.15) is 35.6 Å². The van der Waals surface area contributed by atoms with Gasteiger partial charge in [-0.2, -0.15) is 13.2 Å². The van der Waals surface area contributed by atoms with Crippen LogP contribution >= 0.6 is 11.6 Å². The standard InChI is InChI=1S/C12H10ClF3N2/c1-6-10(13)18-5-8(7-2-3-7)4-9(11(18)17-6)12(14,15)16/h4-5,7H,2-3H2,1H3. The first-order valence-electron chi connectivity index (χ1n) is 5.63. The third-order valence-electron chi connectivity index (χ3n) is 3.20. The van der Waals surface area contributed by atoms with Gasteiger partial charge in [-0.1, -0.05) is 11.6 Å². The number of aromatic nitrogens is 2. The predicted octanol–water partition coefficient (Wildman–Crippen LogP) is 4.19. The molecule has 2 aromatic heterocycles. The van der Waals surface area contributed by atoms with Crippen LogP contribution < -0.4 is 0 Å². The summed E-state index contributed by atoms with van der Waals surface area (Å²) in [6.07, 6.45) is -0.861. The van der Waals surface area contributed by atoms with Crippen LogP contribution in [0.4, 0.5) is 13.2 Å². The van der Waals surface area contributed by atoms with Crippen LogP contribution in [0.2, 0.25) is 5.15 Å². The summed E-state index contributed by atoms with van der Waals surface area (Å²) in [4.78, 5) is 3.91. The number of nitrogens with zero attached hydrogens (tertiary/aromatic N) is 2. The molecular weight excluding hydrogens is 265 g/mol. The van der Waals surface area contributed by atoms with Crippen molar-refractivity contribution < 1.29 is 13.2 Å². The number of rotatable bonds is 1. The van der Waals surface area contributed by atoms with E-state index in [-0.39, 0.29) is 16.7 Å². The zero-order valence-corrected chi connectivity index (χ0v) is 10.3. The maximum Gasteiger partial charge on any atom is 0.419 e. The predicted molar refractivity (Wildman–Crippen MR) is 61.9 cm³/mol. The first-order chi connectivity index (χ1) is 8.38. The highest BCUT2D eigenvalue weighted by Crippen LogP contribution is 2.43. The van der Waals surface area contributed by atoms with Crippen LogP contribution in [0.3, 0.4) is 0 Å². The smallest absolute Gasteiger partial charge is 0.290 e. The summed E-state index contributed by atoms with van der Waals surface area (Å²) < 4.78 is 40.4. The largest absolute Gasteiger partial charge is 0.419 e. The fraction of sp³-hybridized carbons (Fsp3) is 0.417. The van der Waals surface area contributed by atoms with Gasteiger partial charge < -0.3 is 0 Å². The first-order valence-corrected chi connectivity index (χ1v) is 6.01. The lowest BCUT2D eigenvalue weighted by Gasteiger charge is -2.10. The Kier molecular flexibility index (Phi) is 2.39. The summed E-state index contributed by atoms with van der Waals surface area (Å²) in [6, 6.07) is 1.20. The van der Waals surface area contributed by atoms with Gasteiger partial charge in [-0.05, 0) is 37.3 Å². The molecule has 2 heterocycles. The Hall–Kier alpha value is -1.23. The molecule has 18 heavy (non-hydrogen) atoms. The summed E-state index contributed by atoms with van der Waals surface area (Å²) in [5.41, 5.74) is 0.278. The minimum absolute atomic E-state index is 0.116. The zero-order chi connectivity index (χ0) is 13.1. The molecule has 1 fully saturated rings. The van der Waals surface area contributed by atoms with Gasteiger partial charge in [0.05, 0.1) is 11.3 Å². The van der Waals surface area contributed by atoms with Crippen LogP contribution in [0.15, 0.2) is 12.3 Å². The van der Waals surface area contributed by atoms with Crippen LogP contribution in [0.25, 0.3) is 5.65 Å². The van der Waals surface area contributed by atoms with Crippen LogP contribution in [0.5, 0.6) is 0 Å². The average Bonchev–Trinajstić information content (AvgIpc) is 3.06. The van der Waals surface area contributed by atoms with E-state index in [2.05, 4.69) is 4.98 Å². The van der Waals surface area contributed by atoms with E-state index in [0.717, 1.165) is 12.8 Å². The minimum Gasteiger partial charge on any atom is -0.290 e. The fourth-order valence-electron chi connectivity index (χ4n) is 2.10. The molecule has 2 nitrogen and oxygen atoms in total. The summed E-state index contributed by atoms with van der Waals surface area (Å²) in [5, 5.41) is 0.248. The number of halogens is 4. The van der Waals surface area contributed by atoms with E-state index in [1.165, 1.54) is 10.5 Å². The van der Waals surface area contributed by atoms with Gasteiger partial charge >= 0.3 is 6.18 Å². The van der Waals surface area contributed by atoms with Gasteiger partial charge in [0.2, 0.25) is 0 Å². The molecule has 0 saturated heterocycles. The topological polar surface area (TPSA) is 17.3 Å². The maximum atomic E-state index is 13.0. The van der Waals surface area contributed by atoms with Crippen molar-refractivity contribution in [2.45, 2.75) is 31.9 Å². The minimum atomic E-state index is -4.41. The molecule has 0 atom stereocenters. The second kappa shape index (κ2) is 3.63. The van der Waals surface area contributed by atoms with Crippen LogP contribution in [-0.2, 0) is 6.18 Å².